The maximum absolute atomic E-state index is 5.44. The van der Waals surface area contributed by atoms with E-state index in [1.807, 2.05) is 0 Å². The zero-order chi connectivity index (χ0) is 11.1. The van der Waals surface area contributed by atoms with E-state index in [-0.39, 0.29) is 0 Å². The summed E-state index contributed by atoms with van der Waals surface area (Å²) in [5, 5.41) is 7.10. The summed E-state index contributed by atoms with van der Waals surface area (Å²) in [6.45, 7) is 5.16. The summed E-state index contributed by atoms with van der Waals surface area (Å²) < 4.78 is 5.44. The van der Waals surface area contributed by atoms with E-state index in [9.17, 15) is 0 Å². The summed E-state index contributed by atoms with van der Waals surface area (Å²) in [7, 11) is 0. The molecular formula is C13H26N2O. The fraction of sp³-hybridized carbons (Fsp3) is 1.00. The van der Waals surface area contributed by atoms with Gasteiger partial charge in [-0.25, -0.2) is 0 Å². The van der Waals surface area contributed by atoms with E-state index in [2.05, 4.69) is 10.6 Å². The molecule has 16 heavy (non-hydrogen) atoms. The Morgan fingerprint density at radius 1 is 1.19 bits per heavy atom. The van der Waals surface area contributed by atoms with Crippen LogP contribution in [0.25, 0.3) is 0 Å². The minimum absolute atomic E-state index is 0.576. The molecule has 0 amide bonds. The van der Waals surface area contributed by atoms with Gasteiger partial charge in [-0.3, -0.25) is 0 Å². The maximum atomic E-state index is 5.44. The van der Waals surface area contributed by atoms with Crippen molar-refractivity contribution in [1.82, 2.24) is 10.6 Å². The Labute approximate surface area is 99.3 Å². The van der Waals surface area contributed by atoms with Crippen LogP contribution in [0, 0.1) is 5.92 Å². The first-order chi connectivity index (χ1) is 7.95. The number of hydrogen-bond donors (Lipinski definition) is 2. The lowest BCUT2D eigenvalue weighted by Crippen LogP contribution is -2.43. The second kappa shape index (κ2) is 7.25. The zero-order valence-electron chi connectivity index (χ0n) is 10.3. The van der Waals surface area contributed by atoms with Gasteiger partial charge in [0.05, 0.1) is 13.2 Å². The molecule has 0 aromatic carbocycles. The molecule has 94 valence electrons. The van der Waals surface area contributed by atoms with E-state index in [1.54, 1.807) is 0 Å². The van der Waals surface area contributed by atoms with Crippen LogP contribution in [-0.2, 0) is 4.74 Å². The van der Waals surface area contributed by atoms with Crippen molar-refractivity contribution in [1.29, 1.82) is 0 Å². The Bertz CT molecular complexity index is 155. The van der Waals surface area contributed by atoms with E-state index >= 15 is 0 Å². The Morgan fingerprint density at radius 3 is 2.81 bits per heavy atom. The molecule has 2 N–H and O–H groups in total. The van der Waals surface area contributed by atoms with Crippen LogP contribution in [0.3, 0.4) is 0 Å². The normalized spacial score (nSPS) is 28.1. The van der Waals surface area contributed by atoms with Gasteiger partial charge in [0.15, 0.2) is 0 Å². The molecule has 2 fully saturated rings. The number of nitrogens with one attached hydrogen (secondary N) is 2. The predicted octanol–water partition coefficient (Wildman–Crippen LogP) is 1.53. The van der Waals surface area contributed by atoms with Gasteiger partial charge in [0.2, 0.25) is 0 Å². The van der Waals surface area contributed by atoms with Crippen LogP contribution in [0.4, 0.5) is 0 Å². The zero-order valence-corrected chi connectivity index (χ0v) is 10.3. The van der Waals surface area contributed by atoms with Crippen molar-refractivity contribution in [2.24, 2.45) is 5.92 Å². The summed E-state index contributed by atoms with van der Waals surface area (Å²) in [6.07, 6.45) is 8.44. The highest BCUT2D eigenvalue weighted by Gasteiger charge is 2.14. The number of rotatable bonds is 5. The third-order valence-electron chi connectivity index (χ3n) is 3.83. The van der Waals surface area contributed by atoms with Gasteiger partial charge in [-0.15, -0.1) is 0 Å². The summed E-state index contributed by atoms with van der Waals surface area (Å²) in [6, 6.07) is 0.576. The largest absolute Gasteiger partial charge is 0.379 e. The van der Waals surface area contributed by atoms with Crippen molar-refractivity contribution in [2.75, 3.05) is 32.8 Å². The van der Waals surface area contributed by atoms with Crippen molar-refractivity contribution < 1.29 is 4.74 Å². The Morgan fingerprint density at radius 2 is 2.06 bits per heavy atom. The lowest BCUT2D eigenvalue weighted by atomic mass is 9.89. The van der Waals surface area contributed by atoms with Gasteiger partial charge in [-0.2, -0.15) is 0 Å². The molecule has 1 atom stereocenters. The predicted molar refractivity (Wildman–Crippen MR) is 66.7 cm³/mol. The molecular weight excluding hydrogens is 200 g/mol. The van der Waals surface area contributed by atoms with Crippen molar-refractivity contribution in [3.05, 3.63) is 0 Å². The summed E-state index contributed by atoms with van der Waals surface area (Å²) in [5.74, 6) is 0.948. The first-order valence-corrected chi connectivity index (χ1v) is 6.97. The van der Waals surface area contributed by atoms with Gasteiger partial charge in [0.25, 0.3) is 0 Å². The molecule has 1 aliphatic heterocycles. The monoisotopic (exact) mass is 226 g/mol. The van der Waals surface area contributed by atoms with E-state index in [4.69, 9.17) is 4.74 Å². The molecule has 2 rings (SSSR count). The highest BCUT2D eigenvalue weighted by atomic mass is 16.5. The molecule has 1 saturated heterocycles. The average molecular weight is 226 g/mol. The first kappa shape index (κ1) is 12.3. The van der Waals surface area contributed by atoms with Crippen LogP contribution >= 0.6 is 0 Å². The highest BCUT2D eigenvalue weighted by molar-refractivity contribution is 4.72. The van der Waals surface area contributed by atoms with Crippen molar-refractivity contribution in [2.45, 2.75) is 44.6 Å². The Kier molecular flexibility index (Phi) is 5.59. The third-order valence-corrected chi connectivity index (χ3v) is 3.83. The molecule has 1 aliphatic carbocycles. The summed E-state index contributed by atoms with van der Waals surface area (Å²) in [5.41, 5.74) is 0. The molecule has 3 heteroatoms. The van der Waals surface area contributed by atoms with Crippen molar-refractivity contribution in [3.63, 3.8) is 0 Å². The van der Waals surface area contributed by atoms with Gasteiger partial charge in [0.1, 0.15) is 0 Å². The minimum Gasteiger partial charge on any atom is -0.379 e. The average Bonchev–Trinajstić information content (AvgIpc) is 2.37. The molecule has 1 unspecified atom stereocenters. The van der Waals surface area contributed by atoms with E-state index in [1.165, 1.54) is 45.1 Å². The van der Waals surface area contributed by atoms with Crippen LogP contribution < -0.4 is 10.6 Å². The summed E-state index contributed by atoms with van der Waals surface area (Å²) in [4.78, 5) is 0. The van der Waals surface area contributed by atoms with Gasteiger partial charge in [-0.1, -0.05) is 19.3 Å². The molecule has 0 aromatic heterocycles. The lowest BCUT2D eigenvalue weighted by molar-refractivity contribution is 0.0741. The number of morpholine rings is 1. The molecule has 3 nitrogen and oxygen atoms in total. The van der Waals surface area contributed by atoms with Crippen molar-refractivity contribution >= 4 is 0 Å². The van der Waals surface area contributed by atoms with Gasteiger partial charge in [0, 0.05) is 12.6 Å². The molecule has 1 saturated carbocycles. The fourth-order valence-corrected chi connectivity index (χ4v) is 2.78. The number of ether oxygens (including phenoxy) is 1. The van der Waals surface area contributed by atoms with Crippen LogP contribution in [0.1, 0.15) is 38.5 Å². The topological polar surface area (TPSA) is 33.3 Å². The highest BCUT2D eigenvalue weighted by Crippen LogP contribution is 2.22. The Balaban J connectivity index is 1.47. The van der Waals surface area contributed by atoms with E-state index in [0.717, 1.165) is 32.2 Å². The van der Waals surface area contributed by atoms with E-state index in [0.29, 0.717) is 6.04 Å². The smallest absolute Gasteiger partial charge is 0.0620 e. The Hall–Kier alpha value is -0.120. The first-order valence-electron chi connectivity index (χ1n) is 6.97. The molecule has 0 bridgehead atoms. The summed E-state index contributed by atoms with van der Waals surface area (Å²) >= 11 is 0. The molecule has 2 aliphatic rings. The minimum atomic E-state index is 0.576. The SMILES string of the molecule is C1CCC(CNCCC2COCCN2)CC1. The van der Waals surface area contributed by atoms with Crippen LogP contribution in [0.5, 0.6) is 0 Å². The van der Waals surface area contributed by atoms with Crippen molar-refractivity contribution in [3.8, 4) is 0 Å². The maximum Gasteiger partial charge on any atom is 0.0620 e. The fourth-order valence-electron chi connectivity index (χ4n) is 2.78. The van der Waals surface area contributed by atoms with Gasteiger partial charge < -0.3 is 15.4 Å². The van der Waals surface area contributed by atoms with Gasteiger partial charge in [-0.05, 0) is 38.3 Å². The molecule has 0 aromatic rings. The third kappa shape index (κ3) is 4.40. The van der Waals surface area contributed by atoms with Crippen LogP contribution in [-0.4, -0.2) is 38.9 Å². The second-order valence-electron chi connectivity index (χ2n) is 5.22. The molecule has 0 spiro atoms. The standard InChI is InChI=1S/C13H26N2O/c1-2-4-12(5-3-1)10-14-7-6-13-11-16-9-8-15-13/h12-15H,1-11H2. The molecule has 1 heterocycles. The van der Waals surface area contributed by atoms with Crippen LogP contribution in [0.15, 0.2) is 0 Å². The second-order valence-corrected chi connectivity index (χ2v) is 5.22. The van der Waals surface area contributed by atoms with Gasteiger partial charge >= 0.3 is 0 Å². The lowest BCUT2D eigenvalue weighted by Gasteiger charge is -2.25. The van der Waals surface area contributed by atoms with E-state index < -0.39 is 0 Å². The molecule has 0 radical (unpaired) electrons. The quantitative estimate of drug-likeness (QED) is 0.698. The number of hydrogen-bond acceptors (Lipinski definition) is 3. The van der Waals surface area contributed by atoms with Crippen LogP contribution in [0.2, 0.25) is 0 Å².